The lowest BCUT2D eigenvalue weighted by Gasteiger charge is -2.24. The summed E-state index contributed by atoms with van der Waals surface area (Å²) in [4.78, 5) is 19.3. The second kappa shape index (κ2) is 10.3. The molecule has 0 saturated carbocycles. The normalized spacial score (nSPS) is 16.4. The lowest BCUT2D eigenvalue weighted by atomic mass is 10.0. The van der Waals surface area contributed by atoms with Gasteiger partial charge in [0.2, 0.25) is 0 Å². The van der Waals surface area contributed by atoms with Crippen LogP contribution in [-0.4, -0.2) is 59.4 Å². The number of hydrogen-bond donors (Lipinski definition) is 2. The number of aromatic amines is 2. The van der Waals surface area contributed by atoms with Crippen molar-refractivity contribution < 1.29 is 19.0 Å². The lowest BCUT2D eigenvalue weighted by molar-refractivity contribution is 0.0733. The molecule has 2 aliphatic rings. The predicted octanol–water partition coefficient (Wildman–Crippen LogP) is 4.42. The number of rotatable bonds is 2. The molecular weight excluding hydrogens is 468 g/mol. The summed E-state index contributed by atoms with van der Waals surface area (Å²) in [6, 6.07) is 14.5. The first-order chi connectivity index (χ1) is 18.2. The zero-order valence-corrected chi connectivity index (χ0v) is 21.1. The maximum Gasteiger partial charge on any atom is 0.274 e. The van der Waals surface area contributed by atoms with E-state index in [1.807, 2.05) is 17.0 Å². The predicted molar refractivity (Wildman–Crippen MR) is 140 cm³/mol. The highest BCUT2D eigenvalue weighted by Crippen LogP contribution is 2.31. The number of methoxy groups -OCH3 is 1. The van der Waals surface area contributed by atoms with Crippen molar-refractivity contribution in [1.82, 2.24) is 20.1 Å². The number of para-hydroxylation sites is 1. The molecule has 1 amide bonds. The monoisotopic (exact) mass is 500 g/mol. The number of carbonyl (C=O) groups excluding carboxylic acids is 1. The van der Waals surface area contributed by atoms with Gasteiger partial charge in [-0.05, 0) is 48.6 Å². The van der Waals surface area contributed by atoms with E-state index in [-0.39, 0.29) is 5.91 Å². The van der Waals surface area contributed by atoms with Crippen LogP contribution in [0.25, 0.3) is 10.9 Å². The van der Waals surface area contributed by atoms with Crippen LogP contribution >= 0.6 is 0 Å². The average molecular weight is 501 g/mol. The fourth-order valence-electron chi connectivity index (χ4n) is 5.43. The molecule has 192 valence electrons. The lowest BCUT2D eigenvalue weighted by Crippen LogP contribution is -2.35. The highest BCUT2D eigenvalue weighted by atomic mass is 16.5. The fourth-order valence-corrected chi connectivity index (χ4v) is 5.43. The molecule has 6 rings (SSSR count). The quantitative estimate of drug-likeness (QED) is 0.425. The van der Waals surface area contributed by atoms with Crippen LogP contribution in [0.1, 0.15) is 51.4 Å². The van der Waals surface area contributed by atoms with E-state index in [1.54, 1.807) is 7.11 Å². The summed E-state index contributed by atoms with van der Waals surface area (Å²) in [6.45, 7) is 2.90. The maximum atomic E-state index is 13.7. The smallest absolute Gasteiger partial charge is 0.274 e. The molecule has 2 bridgehead atoms. The van der Waals surface area contributed by atoms with Gasteiger partial charge < -0.3 is 24.1 Å². The molecule has 8 nitrogen and oxygen atoms in total. The molecule has 2 aromatic heterocycles. The number of aromatic nitrogens is 3. The van der Waals surface area contributed by atoms with Crippen LogP contribution in [0.15, 0.2) is 42.5 Å². The third kappa shape index (κ3) is 4.69. The molecule has 2 aromatic carbocycles. The Morgan fingerprint density at radius 3 is 2.86 bits per heavy atom. The van der Waals surface area contributed by atoms with E-state index in [1.165, 1.54) is 10.9 Å². The summed E-state index contributed by atoms with van der Waals surface area (Å²) in [5.41, 5.74) is 7.07. The van der Waals surface area contributed by atoms with Gasteiger partial charge in [0.05, 0.1) is 26.9 Å². The molecule has 4 heterocycles. The largest absolute Gasteiger partial charge is 0.493 e. The van der Waals surface area contributed by atoms with Crippen LogP contribution in [0.5, 0.6) is 11.5 Å². The number of hydrogen-bond acceptors (Lipinski definition) is 5. The SMILES string of the molecule is COc1ccc2cc1OCCCCN(C(=O)c1n[nH]c3c1COCC3)CCc1c([nH]c3ccccc13)C2. The molecule has 0 spiro atoms. The average Bonchev–Trinajstić information content (AvgIpc) is 3.51. The molecule has 2 N–H and O–H groups in total. The van der Waals surface area contributed by atoms with Gasteiger partial charge in [0.25, 0.3) is 5.91 Å². The number of nitrogens with zero attached hydrogens (tertiary/aromatic N) is 2. The van der Waals surface area contributed by atoms with Gasteiger partial charge in [0.15, 0.2) is 17.2 Å². The van der Waals surface area contributed by atoms with E-state index < -0.39 is 0 Å². The van der Waals surface area contributed by atoms with Crippen LogP contribution in [0.2, 0.25) is 0 Å². The molecule has 0 aliphatic carbocycles. The number of carbonyl (C=O) groups is 1. The number of amides is 1. The van der Waals surface area contributed by atoms with Gasteiger partial charge in [-0.25, -0.2) is 0 Å². The zero-order valence-electron chi connectivity index (χ0n) is 21.1. The van der Waals surface area contributed by atoms with Crippen molar-refractivity contribution in [3.63, 3.8) is 0 Å². The number of nitrogens with one attached hydrogen (secondary N) is 2. The minimum atomic E-state index is -0.0377. The van der Waals surface area contributed by atoms with Crippen molar-refractivity contribution >= 4 is 16.8 Å². The van der Waals surface area contributed by atoms with Crippen LogP contribution in [0.3, 0.4) is 0 Å². The molecule has 0 fully saturated rings. The minimum Gasteiger partial charge on any atom is -0.493 e. The van der Waals surface area contributed by atoms with E-state index in [0.717, 1.165) is 71.6 Å². The summed E-state index contributed by atoms with van der Waals surface area (Å²) in [7, 11) is 1.66. The Morgan fingerprint density at radius 2 is 1.95 bits per heavy atom. The van der Waals surface area contributed by atoms with Gasteiger partial charge in [0, 0.05) is 53.8 Å². The fraction of sp³-hybridized carbons (Fsp3) is 0.379. The Balaban J connectivity index is 1.35. The van der Waals surface area contributed by atoms with E-state index >= 15 is 0 Å². The van der Waals surface area contributed by atoms with Crippen LogP contribution in [0.4, 0.5) is 0 Å². The van der Waals surface area contributed by atoms with Gasteiger partial charge in [-0.2, -0.15) is 5.10 Å². The second-order valence-corrected chi connectivity index (χ2v) is 9.72. The van der Waals surface area contributed by atoms with E-state index in [9.17, 15) is 4.79 Å². The van der Waals surface area contributed by atoms with E-state index in [0.29, 0.717) is 38.6 Å². The molecule has 37 heavy (non-hydrogen) atoms. The van der Waals surface area contributed by atoms with Gasteiger partial charge in [-0.1, -0.05) is 24.3 Å². The number of H-pyrrole nitrogens is 2. The molecule has 0 atom stereocenters. The van der Waals surface area contributed by atoms with E-state index in [4.69, 9.17) is 14.2 Å². The maximum absolute atomic E-state index is 13.7. The van der Waals surface area contributed by atoms with E-state index in [2.05, 4.69) is 45.5 Å². The Kier molecular flexibility index (Phi) is 6.57. The molecule has 0 unspecified atom stereocenters. The standard InChI is InChI=1S/C29H32N4O4/c1-35-26-9-8-19-16-25-21(20-6-2-3-7-23(20)30-25)10-13-33(12-4-5-14-37-27(26)17-19)29(34)28-22-18-36-15-11-24(22)31-32-28/h2-3,6-9,17,30H,4-5,10-16,18H2,1H3,(H,31,32). The number of fused-ring (bicyclic) bond motifs is 6. The highest BCUT2D eigenvalue weighted by molar-refractivity contribution is 5.94. The number of ether oxygens (including phenoxy) is 3. The number of benzene rings is 2. The first-order valence-electron chi connectivity index (χ1n) is 13.0. The zero-order chi connectivity index (χ0) is 25.2. The van der Waals surface area contributed by atoms with Crippen LogP contribution < -0.4 is 9.47 Å². The minimum absolute atomic E-state index is 0.0377. The Morgan fingerprint density at radius 1 is 1.03 bits per heavy atom. The molecule has 8 heteroatoms. The molecular formula is C29H32N4O4. The Bertz CT molecular complexity index is 1420. The summed E-state index contributed by atoms with van der Waals surface area (Å²) >= 11 is 0. The third-order valence-electron chi connectivity index (χ3n) is 7.41. The molecule has 0 radical (unpaired) electrons. The molecule has 4 aromatic rings. The van der Waals surface area contributed by atoms with Gasteiger partial charge >= 0.3 is 0 Å². The van der Waals surface area contributed by atoms with Crippen molar-refractivity contribution in [3.05, 3.63) is 76.2 Å². The highest BCUT2D eigenvalue weighted by Gasteiger charge is 2.26. The first-order valence-corrected chi connectivity index (χ1v) is 13.0. The molecule has 0 saturated heterocycles. The van der Waals surface area contributed by atoms with Crippen molar-refractivity contribution in [1.29, 1.82) is 0 Å². The third-order valence-corrected chi connectivity index (χ3v) is 7.41. The molecule has 2 aliphatic heterocycles. The summed E-state index contributed by atoms with van der Waals surface area (Å²) in [5, 5.41) is 8.68. The van der Waals surface area contributed by atoms with Crippen molar-refractivity contribution in [3.8, 4) is 11.5 Å². The Hall–Kier alpha value is -3.78. The second-order valence-electron chi connectivity index (χ2n) is 9.72. The van der Waals surface area contributed by atoms with Crippen LogP contribution in [-0.2, 0) is 30.6 Å². The van der Waals surface area contributed by atoms with Gasteiger partial charge in [-0.15, -0.1) is 0 Å². The topological polar surface area (TPSA) is 92.5 Å². The van der Waals surface area contributed by atoms with Gasteiger partial charge in [-0.3, -0.25) is 9.89 Å². The summed E-state index contributed by atoms with van der Waals surface area (Å²) in [5.74, 6) is 1.45. The summed E-state index contributed by atoms with van der Waals surface area (Å²) in [6.07, 6.45) is 3.92. The van der Waals surface area contributed by atoms with Gasteiger partial charge in [0.1, 0.15) is 0 Å². The Labute approximate surface area is 215 Å². The summed E-state index contributed by atoms with van der Waals surface area (Å²) < 4.78 is 17.3. The first kappa shape index (κ1) is 23.6. The van der Waals surface area contributed by atoms with Crippen LogP contribution in [0, 0.1) is 0 Å². The van der Waals surface area contributed by atoms with Crippen molar-refractivity contribution in [2.75, 3.05) is 33.4 Å². The van der Waals surface area contributed by atoms with Crippen molar-refractivity contribution in [2.45, 2.75) is 38.7 Å². The van der Waals surface area contributed by atoms with Crippen molar-refractivity contribution in [2.24, 2.45) is 0 Å².